The van der Waals surface area contributed by atoms with Crippen molar-refractivity contribution in [1.82, 2.24) is 15.2 Å². The zero-order valence-electron chi connectivity index (χ0n) is 12.1. The number of ether oxygens (including phenoxy) is 1. The molecule has 0 radical (unpaired) electrons. The summed E-state index contributed by atoms with van der Waals surface area (Å²) in [4.78, 5) is 17.6. The van der Waals surface area contributed by atoms with Crippen LogP contribution in [-0.4, -0.2) is 56.0 Å². The summed E-state index contributed by atoms with van der Waals surface area (Å²) in [6, 6.07) is 3.01. The van der Waals surface area contributed by atoms with Crippen LogP contribution in [0.2, 0.25) is 0 Å². The molecule has 1 aromatic rings. The lowest BCUT2D eigenvalue weighted by Crippen LogP contribution is -2.43. The number of hydrogen-bond acceptors (Lipinski definition) is 5. The van der Waals surface area contributed by atoms with Crippen molar-refractivity contribution in [3.8, 4) is 5.88 Å². The summed E-state index contributed by atoms with van der Waals surface area (Å²) in [5, 5.41) is 2.75. The lowest BCUT2D eigenvalue weighted by Gasteiger charge is -2.23. The van der Waals surface area contributed by atoms with Crippen LogP contribution in [0.5, 0.6) is 5.88 Å². The van der Waals surface area contributed by atoms with Gasteiger partial charge in [0.15, 0.2) is 9.84 Å². The van der Waals surface area contributed by atoms with Gasteiger partial charge in [-0.1, -0.05) is 6.07 Å². The fraction of sp³-hybridized carbons (Fsp3) is 0.538. The molecule has 0 spiro atoms. The molecule has 1 saturated heterocycles. The van der Waals surface area contributed by atoms with Crippen molar-refractivity contribution in [2.45, 2.75) is 19.0 Å². The van der Waals surface area contributed by atoms with Gasteiger partial charge in [0.25, 0.3) is 0 Å². The molecule has 0 bridgehead atoms. The standard InChI is InChI=1S/C13H19N3O4S/c1-16(11-5-7-21(18,19)9-11)13(17)15-8-10-4-3-6-14-12(10)20-2/h3-4,6,11H,5,7-9H2,1-2H3,(H,15,17)/t11-/m1/s1. The molecule has 1 aliphatic rings. The van der Waals surface area contributed by atoms with E-state index in [-0.39, 0.29) is 30.1 Å². The van der Waals surface area contributed by atoms with Gasteiger partial charge in [0.05, 0.1) is 18.6 Å². The van der Waals surface area contributed by atoms with E-state index < -0.39 is 9.84 Å². The second kappa shape index (κ2) is 6.30. The summed E-state index contributed by atoms with van der Waals surface area (Å²) in [5.41, 5.74) is 0.765. The lowest BCUT2D eigenvalue weighted by molar-refractivity contribution is 0.194. The van der Waals surface area contributed by atoms with Crippen LogP contribution in [0.25, 0.3) is 0 Å². The Morgan fingerprint density at radius 2 is 2.33 bits per heavy atom. The maximum absolute atomic E-state index is 12.1. The molecule has 0 aromatic carbocycles. The van der Waals surface area contributed by atoms with E-state index in [9.17, 15) is 13.2 Å². The van der Waals surface area contributed by atoms with Gasteiger partial charge in [0, 0.05) is 31.4 Å². The number of sulfone groups is 1. The summed E-state index contributed by atoms with van der Waals surface area (Å²) >= 11 is 0. The minimum atomic E-state index is -3.00. The number of carbonyl (C=O) groups is 1. The van der Waals surface area contributed by atoms with Gasteiger partial charge >= 0.3 is 6.03 Å². The molecule has 1 N–H and O–H groups in total. The Labute approximate surface area is 124 Å². The molecular formula is C13H19N3O4S. The van der Waals surface area contributed by atoms with Crippen LogP contribution in [0.1, 0.15) is 12.0 Å². The Morgan fingerprint density at radius 3 is 2.95 bits per heavy atom. The Balaban J connectivity index is 1.93. The van der Waals surface area contributed by atoms with Crippen molar-refractivity contribution in [3.63, 3.8) is 0 Å². The second-order valence-electron chi connectivity index (χ2n) is 5.00. The fourth-order valence-corrected chi connectivity index (χ4v) is 4.06. The monoisotopic (exact) mass is 313 g/mol. The van der Waals surface area contributed by atoms with E-state index in [4.69, 9.17) is 4.74 Å². The molecule has 1 aliphatic heterocycles. The predicted molar refractivity (Wildman–Crippen MR) is 77.8 cm³/mol. The molecule has 21 heavy (non-hydrogen) atoms. The third kappa shape index (κ3) is 3.84. The molecule has 1 fully saturated rings. The van der Waals surface area contributed by atoms with Crippen LogP contribution in [0.3, 0.4) is 0 Å². The van der Waals surface area contributed by atoms with Crippen LogP contribution in [0.4, 0.5) is 4.79 Å². The van der Waals surface area contributed by atoms with Gasteiger partial charge in [-0.3, -0.25) is 0 Å². The first-order chi connectivity index (χ1) is 9.93. The average molecular weight is 313 g/mol. The highest BCUT2D eigenvalue weighted by Crippen LogP contribution is 2.17. The summed E-state index contributed by atoms with van der Waals surface area (Å²) in [6.45, 7) is 0.277. The molecule has 2 rings (SSSR count). The number of amides is 2. The molecule has 1 aromatic heterocycles. The first kappa shape index (κ1) is 15.6. The van der Waals surface area contributed by atoms with E-state index in [2.05, 4.69) is 10.3 Å². The molecule has 2 heterocycles. The predicted octanol–water partition coefficient (Wildman–Crippen LogP) is 0.419. The van der Waals surface area contributed by atoms with Crippen LogP contribution >= 0.6 is 0 Å². The van der Waals surface area contributed by atoms with E-state index in [1.165, 1.54) is 12.0 Å². The van der Waals surface area contributed by atoms with Crippen LogP contribution in [0.15, 0.2) is 18.3 Å². The van der Waals surface area contributed by atoms with Crippen molar-refractivity contribution in [3.05, 3.63) is 23.9 Å². The number of carbonyl (C=O) groups excluding carboxylic acids is 1. The van der Waals surface area contributed by atoms with Gasteiger partial charge in [-0.2, -0.15) is 0 Å². The minimum absolute atomic E-state index is 0.0349. The number of pyridine rings is 1. The number of methoxy groups -OCH3 is 1. The van der Waals surface area contributed by atoms with Crippen molar-refractivity contribution in [2.75, 3.05) is 25.7 Å². The van der Waals surface area contributed by atoms with Crippen molar-refractivity contribution < 1.29 is 17.9 Å². The third-order valence-electron chi connectivity index (χ3n) is 3.55. The molecule has 7 nitrogen and oxygen atoms in total. The number of rotatable bonds is 4. The summed E-state index contributed by atoms with van der Waals surface area (Å²) < 4.78 is 28.0. The van der Waals surface area contributed by atoms with Gasteiger partial charge < -0.3 is 15.0 Å². The zero-order valence-corrected chi connectivity index (χ0v) is 12.9. The molecule has 116 valence electrons. The van der Waals surface area contributed by atoms with Gasteiger partial charge in [-0.15, -0.1) is 0 Å². The Kier molecular flexibility index (Phi) is 4.66. The largest absolute Gasteiger partial charge is 0.481 e. The fourth-order valence-electron chi connectivity index (χ4n) is 2.28. The van der Waals surface area contributed by atoms with Gasteiger partial charge in [-0.25, -0.2) is 18.2 Å². The van der Waals surface area contributed by atoms with Crippen LogP contribution in [-0.2, 0) is 16.4 Å². The molecular weight excluding hydrogens is 294 g/mol. The Morgan fingerprint density at radius 1 is 1.57 bits per heavy atom. The van der Waals surface area contributed by atoms with E-state index >= 15 is 0 Å². The van der Waals surface area contributed by atoms with Gasteiger partial charge in [0.2, 0.25) is 5.88 Å². The number of urea groups is 1. The first-order valence-electron chi connectivity index (χ1n) is 6.62. The number of nitrogens with one attached hydrogen (secondary N) is 1. The Bertz CT molecular complexity index is 618. The second-order valence-corrected chi connectivity index (χ2v) is 7.23. The number of hydrogen-bond donors (Lipinski definition) is 1. The Hall–Kier alpha value is -1.83. The minimum Gasteiger partial charge on any atom is -0.481 e. The lowest BCUT2D eigenvalue weighted by atomic mass is 10.2. The van der Waals surface area contributed by atoms with Crippen molar-refractivity contribution >= 4 is 15.9 Å². The molecule has 1 atom stereocenters. The summed E-state index contributed by atoms with van der Waals surface area (Å²) in [5.74, 6) is 0.641. The summed E-state index contributed by atoms with van der Waals surface area (Å²) in [6.07, 6.45) is 2.10. The van der Waals surface area contributed by atoms with E-state index in [1.807, 2.05) is 6.07 Å². The SMILES string of the molecule is COc1ncccc1CNC(=O)N(C)[C@@H]1CCS(=O)(=O)C1. The molecule has 0 unspecified atom stereocenters. The maximum atomic E-state index is 12.1. The van der Waals surface area contributed by atoms with Gasteiger partial charge in [-0.05, 0) is 12.5 Å². The van der Waals surface area contributed by atoms with Gasteiger partial charge in [0.1, 0.15) is 0 Å². The third-order valence-corrected chi connectivity index (χ3v) is 5.30. The zero-order chi connectivity index (χ0) is 15.5. The van der Waals surface area contributed by atoms with E-state index in [1.54, 1.807) is 19.3 Å². The van der Waals surface area contributed by atoms with Crippen molar-refractivity contribution in [1.29, 1.82) is 0 Å². The quantitative estimate of drug-likeness (QED) is 0.870. The molecule has 2 amide bonds. The maximum Gasteiger partial charge on any atom is 0.317 e. The first-order valence-corrected chi connectivity index (χ1v) is 8.44. The van der Waals surface area contributed by atoms with E-state index in [0.717, 1.165) is 5.56 Å². The number of aromatic nitrogens is 1. The van der Waals surface area contributed by atoms with Crippen LogP contribution < -0.4 is 10.1 Å². The number of nitrogens with zero attached hydrogens (tertiary/aromatic N) is 2. The van der Waals surface area contributed by atoms with E-state index in [0.29, 0.717) is 12.3 Å². The highest BCUT2D eigenvalue weighted by Gasteiger charge is 2.32. The summed E-state index contributed by atoms with van der Waals surface area (Å²) in [7, 11) is 0.126. The highest BCUT2D eigenvalue weighted by molar-refractivity contribution is 7.91. The van der Waals surface area contributed by atoms with Crippen LogP contribution in [0, 0.1) is 0 Å². The highest BCUT2D eigenvalue weighted by atomic mass is 32.2. The molecule has 0 aliphatic carbocycles. The molecule has 0 saturated carbocycles. The normalized spacial score (nSPS) is 20.0. The smallest absolute Gasteiger partial charge is 0.317 e. The molecule has 8 heteroatoms. The average Bonchev–Trinajstić information content (AvgIpc) is 2.84. The topological polar surface area (TPSA) is 88.6 Å². The van der Waals surface area contributed by atoms with Crippen molar-refractivity contribution in [2.24, 2.45) is 0 Å².